The van der Waals surface area contributed by atoms with Crippen LogP contribution in [0.1, 0.15) is 45.1 Å². The number of rotatable bonds is 7. The molecule has 7 heteroatoms. The summed E-state index contributed by atoms with van der Waals surface area (Å²) in [7, 11) is 0. The summed E-state index contributed by atoms with van der Waals surface area (Å²) in [6.45, 7) is 8.56. The fourth-order valence-electron chi connectivity index (χ4n) is 4.05. The predicted octanol–water partition coefficient (Wildman–Crippen LogP) is 4.75. The van der Waals surface area contributed by atoms with E-state index < -0.39 is 0 Å². The van der Waals surface area contributed by atoms with E-state index in [-0.39, 0.29) is 11.1 Å². The van der Waals surface area contributed by atoms with E-state index >= 15 is 0 Å². The molecule has 2 saturated heterocycles. The number of nitrogens with one attached hydrogen (secondary N) is 1. The van der Waals surface area contributed by atoms with E-state index in [0.29, 0.717) is 16.0 Å². The lowest BCUT2D eigenvalue weighted by molar-refractivity contribution is -0.115. The van der Waals surface area contributed by atoms with E-state index in [2.05, 4.69) is 29.0 Å². The van der Waals surface area contributed by atoms with Gasteiger partial charge < -0.3 is 4.90 Å². The van der Waals surface area contributed by atoms with Gasteiger partial charge in [0, 0.05) is 24.7 Å². The molecule has 2 fully saturated rings. The highest BCUT2D eigenvalue weighted by Crippen LogP contribution is 2.36. The number of hydrogen-bond donors (Lipinski definition) is 1. The lowest BCUT2D eigenvalue weighted by Crippen LogP contribution is -2.48. The standard InChI is InChI=1S/C21H28ClN3O2S/c1-3-10-24(11-4-2)16-8-6-12-25(14-16)19-15(7-5-9-17(19)22)13-18-20(26)23-21(27)28-18/h5,7,9,13,16H,3-4,6,8,10-12,14H2,1-2H3,(H,23,26,27)/b18-13+. The van der Waals surface area contributed by atoms with Crippen LogP contribution in [0, 0.1) is 0 Å². The van der Waals surface area contributed by atoms with Crippen molar-refractivity contribution in [3.63, 3.8) is 0 Å². The van der Waals surface area contributed by atoms with Crippen LogP contribution in [-0.2, 0) is 4.79 Å². The molecule has 3 rings (SSSR count). The van der Waals surface area contributed by atoms with Crippen molar-refractivity contribution in [2.75, 3.05) is 31.1 Å². The summed E-state index contributed by atoms with van der Waals surface area (Å²) in [6.07, 6.45) is 6.40. The molecule has 0 bridgehead atoms. The Morgan fingerprint density at radius 3 is 2.68 bits per heavy atom. The summed E-state index contributed by atoms with van der Waals surface area (Å²) >= 11 is 7.54. The Kier molecular flexibility index (Phi) is 7.43. The lowest BCUT2D eigenvalue weighted by atomic mass is 10.0. The van der Waals surface area contributed by atoms with Crippen molar-refractivity contribution >= 4 is 46.3 Å². The number of hydrogen-bond acceptors (Lipinski definition) is 5. The van der Waals surface area contributed by atoms with Crippen LogP contribution in [0.5, 0.6) is 0 Å². The summed E-state index contributed by atoms with van der Waals surface area (Å²) in [5, 5.41) is 2.67. The molecular weight excluding hydrogens is 394 g/mol. The number of piperidine rings is 1. The number of carbonyl (C=O) groups is 2. The average molecular weight is 422 g/mol. The highest BCUT2D eigenvalue weighted by molar-refractivity contribution is 8.18. The molecule has 1 aromatic rings. The van der Waals surface area contributed by atoms with Crippen molar-refractivity contribution in [2.45, 2.75) is 45.6 Å². The number of nitrogens with zero attached hydrogens (tertiary/aromatic N) is 2. The quantitative estimate of drug-likeness (QED) is 0.643. The molecule has 2 aliphatic heterocycles. The molecule has 0 aliphatic carbocycles. The zero-order valence-corrected chi connectivity index (χ0v) is 18.1. The Hall–Kier alpha value is -1.50. The fourth-order valence-corrected chi connectivity index (χ4v) is 5.03. The zero-order valence-electron chi connectivity index (χ0n) is 16.5. The highest BCUT2D eigenvalue weighted by Gasteiger charge is 2.28. The molecule has 28 heavy (non-hydrogen) atoms. The van der Waals surface area contributed by atoms with Crippen molar-refractivity contribution in [2.24, 2.45) is 0 Å². The van der Waals surface area contributed by atoms with Crippen molar-refractivity contribution in [3.8, 4) is 0 Å². The highest BCUT2D eigenvalue weighted by atomic mass is 35.5. The van der Waals surface area contributed by atoms with Gasteiger partial charge in [-0.05, 0) is 62.7 Å². The first kappa shape index (κ1) is 21.2. The van der Waals surface area contributed by atoms with Crippen molar-refractivity contribution < 1.29 is 9.59 Å². The maximum atomic E-state index is 12.0. The zero-order chi connectivity index (χ0) is 20.1. The van der Waals surface area contributed by atoms with Crippen molar-refractivity contribution in [1.82, 2.24) is 10.2 Å². The van der Waals surface area contributed by atoms with Gasteiger partial charge in [-0.2, -0.15) is 0 Å². The van der Waals surface area contributed by atoms with Crippen LogP contribution >= 0.6 is 23.4 Å². The average Bonchev–Trinajstić information content (AvgIpc) is 2.99. The van der Waals surface area contributed by atoms with E-state index in [9.17, 15) is 9.59 Å². The summed E-state index contributed by atoms with van der Waals surface area (Å²) in [5.74, 6) is -0.338. The van der Waals surface area contributed by atoms with Gasteiger partial charge in [-0.15, -0.1) is 0 Å². The number of thioether (sulfide) groups is 1. The molecule has 0 radical (unpaired) electrons. The number of benzene rings is 1. The number of amides is 2. The minimum Gasteiger partial charge on any atom is -0.368 e. The first-order valence-corrected chi connectivity index (χ1v) is 11.2. The molecule has 2 amide bonds. The van der Waals surface area contributed by atoms with Gasteiger partial charge in [0.25, 0.3) is 11.1 Å². The minimum atomic E-state index is -0.338. The molecule has 1 atom stereocenters. The van der Waals surface area contributed by atoms with E-state index in [0.717, 1.165) is 68.5 Å². The maximum Gasteiger partial charge on any atom is 0.290 e. The van der Waals surface area contributed by atoms with Crippen LogP contribution in [0.15, 0.2) is 23.1 Å². The molecule has 0 saturated carbocycles. The molecule has 1 unspecified atom stereocenters. The summed E-state index contributed by atoms with van der Waals surface area (Å²) in [5.41, 5.74) is 1.85. The van der Waals surface area contributed by atoms with Gasteiger partial charge in [0.15, 0.2) is 0 Å². The third-order valence-electron chi connectivity index (χ3n) is 5.20. The Morgan fingerprint density at radius 2 is 2.04 bits per heavy atom. The smallest absolute Gasteiger partial charge is 0.290 e. The molecule has 1 aromatic carbocycles. The number of anilines is 1. The third kappa shape index (κ3) is 4.91. The van der Waals surface area contributed by atoms with Gasteiger partial charge in [-0.25, -0.2) is 0 Å². The Bertz CT molecular complexity index is 762. The van der Waals surface area contributed by atoms with Crippen LogP contribution in [0.25, 0.3) is 6.08 Å². The third-order valence-corrected chi connectivity index (χ3v) is 6.31. The van der Waals surface area contributed by atoms with Crippen LogP contribution < -0.4 is 10.2 Å². The van der Waals surface area contributed by atoms with E-state index in [1.165, 1.54) is 6.42 Å². The SMILES string of the molecule is CCCN(CCC)C1CCCN(c2c(Cl)cccc2/C=C2/SC(=O)NC2=O)C1. The van der Waals surface area contributed by atoms with E-state index in [4.69, 9.17) is 11.6 Å². The van der Waals surface area contributed by atoms with Gasteiger partial charge in [0.2, 0.25) is 0 Å². The number of carbonyl (C=O) groups excluding carboxylic acids is 2. The molecule has 5 nitrogen and oxygen atoms in total. The maximum absolute atomic E-state index is 12.0. The predicted molar refractivity (Wildman–Crippen MR) is 118 cm³/mol. The first-order chi connectivity index (χ1) is 13.5. The molecule has 1 N–H and O–H groups in total. The monoisotopic (exact) mass is 421 g/mol. The topological polar surface area (TPSA) is 52.6 Å². The fraction of sp³-hybridized carbons (Fsp3) is 0.524. The molecular formula is C21H28ClN3O2S. The summed E-state index contributed by atoms with van der Waals surface area (Å²) in [4.78, 5) is 28.8. The van der Waals surface area contributed by atoms with Crippen molar-refractivity contribution in [1.29, 1.82) is 0 Å². The van der Waals surface area contributed by atoms with Gasteiger partial charge in [0.05, 0.1) is 15.6 Å². The Morgan fingerprint density at radius 1 is 1.29 bits per heavy atom. The normalized spacial score (nSPS) is 21.6. The van der Waals surface area contributed by atoms with Gasteiger partial charge in [-0.1, -0.05) is 37.6 Å². The van der Waals surface area contributed by atoms with Gasteiger partial charge >= 0.3 is 0 Å². The van der Waals surface area contributed by atoms with E-state index in [1.807, 2.05) is 18.2 Å². The molecule has 2 heterocycles. The molecule has 2 aliphatic rings. The number of imide groups is 1. The van der Waals surface area contributed by atoms with Crippen LogP contribution in [0.3, 0.4) is 0 Å². The van der Waals surface area contributed by atoms with Crippen LogP contribution in [-0.4, -0.2) is 48.3 Å². The second kappa shape index (κ2) is 9.81. The Balaban J connectivity index is 1.87. The van der Waals surface area contributed by atoms with E-state index in [1.54, 1.807) is 6.08 Å². The van der Waals surface area contributed by atoms with Gasteiger partial charge in [0.1, 0.15) is 0 Å². The second-order valence-corrected chi connectivity index (χ2v) is 8.73. The molecule has 152 valence electrons. The van der Waals surface area contributed by atoms with Crippen LogP contribution in [0.2, 0.25) is 5.02 Å². The lowest BCUT2D eigenvalue weighted by Gasteiger charge is -2.41. The van der Waals surface area contributed by atoms with Crippen molar-refractivity contribution in [3.05, 3.63) is 33.7 Å². The Labute approximate surface area is 176 Å². The molecule has 0 aromatic heterocycles. The summed E-state index contributed by atoms with van der Waals surface area (Å²) < 4.78 is 0. The van der Waals surface area contributed by atoms with Crippen LogP contribution in [0.4, 0.5) is 10.5 Å². The summed E-state index contributed by atoms with van der Waals surface area (Å²) in [6, 6.07) is 6.26. The largest absolute Gasteiger partial charge is 0.368 e. The second-order valence-electron chi connectivity index (χ2n) is 7.31. The number of halogens is 1. The molecule has 0 spiro atoms. The minimum absolute atomic E-state index is 0.326. The van der Waals surface area contributed by atoms with Gasteiger partial charge in [-0.3, -0.25) is 19.8 Å². The first-order valence-electron chi connectivity index (χ1n) is 10.1. The number of para-hydroxylation sites is 1.